The van der Waals surface area contributed by atoms with E-state index in [1.54, 1.807) is 0 Å². The van der Waals surface area contributed by atoms with Gasteiger partial charge in [-0.15, -0.1) is 0 Å². The monoisotopic (exact) mass is 277 g/mol. The number of hydrogen-bond acceptors (Lipinski definition) is 4. The van der Waals surface area contributed by atoms with E-state index in [0.717, 1.165) is 31.0 Å². The summed E-state index contributed by atoms with van der Waals surface area (Å²) in [5.41, 5.74) is 1.28. The van der Waals surface area contributed by atoms with Crippen molar-refractivity contribution in [3.8, 4) is 11.5 Å². The van der Waals surface area contributed by atoms with Gasteiger partial charge in [-0.05, 0) is 50.4 Å². The largest absolute Gasteiger partial charge is 0.486 e. The summed E-state index contributed by atoms with van der Waals surface area (Å²) in [5.74, 6) is 1.74. The highest BCUT2D eigenvalue weighted by Crippen LogP contribution is 2.30. The van der Waals surface area contributed by atoms with Gasteiger partial charge in [0.2, 0.25) is 0 Å². The maximum Gasteiger partial charge on any atom is 0.161 e. The average molecular weight is 277 g/mol. The summed E-state index contributed by atoms with van der Waals surface area (Å²) in [7, 11) is 0. The Bertz CT molecular complexity index is 449. The van der Waals surface area contributed by atoms with E-state index >= 15 is 0 Å². The maximum absolute atomic E-state index is 5.79. The van der Waals surface area contributed by atoms with Gasteiger partial charge in [0.15, 0.2) is 11.5 Å². The number of nitrogens with one attached hydrogen (secondary N) is 1. The first-order valence-corrected chi connectivity index (χ1v) is 7.56. The lowest BCUT2D eigenvalue weighted by atomic mass is 10.1. The van der Waals surface area contributed by atoms with Crippen LogP contribution in [0.4, 0.5) is 0 Å². The van der Waals surface area contributed by atoms with Crippen LogP contribution in [-0.4, -0.2) is 38.5 Å². The first kappa shape index (κ1) is 13.7. The Morgan fingerprint density at radius 3 is 2.80 bits per heavy atom. The minimum Gasteiger partial charge on any atom is -0.486 e. The first-order chi connectivity index (χ1) is 9.81. The van der Waals surface area contributed by atoms with Crippen molar-refractivity contribution in [2.24, 2.45) is 0 Å². The van der Waals surface area contributed by atoms with E-state index in [0.29, 0.717) is 25.4 Å². The second-order valence-electron chi connectivity index (χ2n) is 5.58. The molecule has 4 nitrogen and oxygen atoms in total. The smallest absolute Gasteiger partial charge is 0.161 e. The molecule has 1 N–H and O–H groups in total. The SMILES string of the molecule is CC1CCC(CNCCc2ccc3c(c2)OCCO3)O1. The zero-order valence-electron chi connectivity index (χ0n) is 12.1. The zero-order valence-corrected chi connectivity index (χ0v) is 12.1. The summed E-state index contributed by atoms with van der Waals surface area (Å²) in [6, 6.07) is 6.21. The Kier molecular flexibility index (Phi) is 4.43. The fourth-order valence-electron chi connectivity index (χ4n) is 2.77. The molecule has 1 aromatic carbocycles. The number of hydrogen-bond donors (Lipinski definition) is 1. The van der Waals surface area contributed by atoms with Crippen LogP contribution in [0.5, 0.6) is 11.5 Å². The third-order valence-corrected chi connectivity index (χ3v) is 3.89. The lowest BCUT2D eigenvalue weighted by molar-refractivity contribution is 0.0562. The lowest BCUT2D eigenvalue weighted by Crippen LogP contribution is -2.28. The Balaban J connectivity index is 1.42. The van der Waals surface area contributed by atoms with Crippen molar-refractivity contribution in [3.63, 3.8) is 0 Å². The Hall–Kier alpha value is -1.26. The van der Waals surface area contributed by atoms with Gasteiger partial charge in [-0.1, -0.05) is 6.07 Å². The number of ether oxygens (including phenoxy) is 3. The van der Waals surface area contributed by atoms with Crippen molar-refractivity contribution < 1.29 is 14.2 Å². The van der Waals surface area contributed by atoms with Crippen LogP contribution in [0.25, 0.3) is 0 Å². The first-order valence-electron chi connectivity index (χ1n) is 7.56. The van der Waals surface area contributed by atoms with Crippen LogP contribution < -0.4 is 14.8 Å². The van der Waals surface area contributed by atoms with Crippen LogP contribution in [0.2, 0.25) is 0 Å². The third-order valence-electron chi connectivity index (χ3n) is 3.89. The van der Waals surface area contributed by atoms with Crippen LogP contribution in [0.15, 0.2) is 18.2 Å². The van der Waals surface area contributed by atoms with Gasteiger partial charge in [0.25, 0.3) is 0 Å². The summed E-state index contributed by atoms with van der Waals surface area (Å²) in [5, 5.41) is 3.48. The van der Waals surface area contributed by atoms with E-state index in [9.17, 15) is 0 Å². The highest BCUT2D eigenvalue weighted by atomic mass is 16.6. The van der Waals surface area contributed by atoms with Crippen molar-refractivity contribution >= 4 is 0 Å². The topological polar surface area (TPSA) is 39.7 Å². The predicted molar refractivity (Wildman–Crippen MR) is 77.6 cm³/mol. The van der Waals surface area contributed by atoms with Crippen molar-refractivity contribution in [1.82, 2.24) is 5.32 Å². The molecule has 2 heterocycles. The molecule has 0 bridgehead atoms. The van der Waals surface area contributed by atoms with Crippen LogP contribution in [0, 0.1) is 0 Å². The van der Waals surface area contributed by atoms with E-state index < -0.39 is 0 Å². The number of rotatable bonds is 5. The molecule has 0 saturated carbocycles. The van der Waals surface area contributed by atoms with Gasteiger partial charge >= 0.3 is 0 Å². The lowest BCUT2D eigenvalue weighted by Gasteiger charge is -2.19. The molecule has 0 aliphatic carbocycles. The molecule has 2 aliphatic heterocycles. The minimum absolute atomic E-state index is 0.394. The van der Waals surface area contributed by atoms with Gasteiger partial charge in [-0.3, -0.25) is 0 Å². The van der Waals surface area contributed by atoms with Gasteiger partial charge < -0.3 is 19.5 Å². The second-order valence-corrected chi connectivity index (χ2v) is 5.58. The average Bonchev–Trinajstić information content (AvgIpc) is 2.89. The fourth-order valence-corrected chi connectivity index (χ4v) is 2.77. The van der Waals surface area contributed by atoms with Crippen LogP contribution in [0.3, 0.4) is 0 Å². The fraction of sp³-hybridized carbons (Fsp3) is 0.625. The quantitative estimate of drug-likeness (QED) is 0.837. The second kappa shape index (κ2) is 6.46. The summed E-state index contributed by atoms with van der Waals surface area (Å²) in [6.07, 6.45) is 4.19. The highest BCUT2D eigenvalue weighted by molar-refractivity contribution is 5.43. The van der Waals surface area contributed by atoms with Crippen molar-refractivity contribution in [3.05, 3.63) is 23.8 Å². The molecule has 0 amide bonds. The summed E-state index contributed by atoms with van der Waals surface area (Å²) in [6.45, 7) is 5.36. The molecule has 2 atom stereocenters. The summed E-state index contributed by atoms with van der Waals surface area (Å²) >= 11 is 0. The molecule has 3 rings (SSSR count). The predicted octanol–water partition coefficient (Wildman–Crippen LogP) is 2.16. The van der Waals surface area contributed by atoms with E-state index in [-0.39, 0.29) is 0 Å². The van der Waals surface area contributed by atoms with E-state index in [2.05, 4.69) is 24.4 Å². The molecule has 2 unspecified atom stereocenters. The van der Waals surface area contributed by atoms with Gasteiger partial charge in [-0.2, -0.15) is 0 Å². The molecule has 0 spiro atoms. The molecular formula is C16H23NO3. The Morgan fingerprint density at radius 2 is 2.00 bits per heavy atom. The molecule has 20 heavy (non-hydrogen) atoms. The molecular weight excluding hydrogens is 254 g/mol. The minimum atomic E-state index is 0.394. The van der Waals surface area contributed by atoms with Crippen LogP contribution >= 0.6 is 0 Å². The van der Waals surface area contributed by atoms with E-state index in [1.807, 2.05) is 6.07 Å². The van der Waals surface area contributed by atoms with Gasteiger partial charge in [0.05, 0.1) is 12.2 Å². The standard InChI is InChI=1S/C16H23NO3/c1-12-2-4-14(20-12)11-17-7-6-13-3-5-15-16(10-13)19-9-8-18-15/h3,5,10,12,14,17H,2,4,6-9,11H2,1H3. The molecule has 1 aromatic rings. The molecule has 0 aromatic heterocycles. The molecule has 4 heteroatoms. The Morgan fingerprint density at radius 1 is 1.15 bits per heavy atom. The Labute approximate surface area is 120 Å². The van der Waals surface area contributed by atoms with E-state index in [4.69, 9.17) is 14.2 Å². The van der Waals surface area contributed by atoms with Crippen molar-refractivity contribution in [1.29, 1.82) is 0 Å². The van der Waals surface area contributed by atoms with Gasteiger partial charge in [0, 0.05) is 6.54 Å². The van der Waals surface area contributed by atoms with Crippen molar-refractivity contribution in [2.45, 2.75) is 38.4 Å². The maximum atomic E-state index is 5.79. The molecule has 110 valence electrons. The number of benzene rings is 1. The normalized spacial score (nSPS) is 24.9. The third kappa shape index (κ3) is 3.44. The van der Waals surface area contributed by atoms with Gasteiger partial charge in [0.1, 0.15) is 13.2 Å². The summed E-state index contributed by atoms with van der Waals surface area (Å²) < 4.78 is 16.9. The highest BCUT2D eigenvalue weighted by Gasteiger charge is 2.20. The van der Waals surface area contributed by atoms with E-state index in [1.165, 1.54) is 18.4 Å². The van der Waals surface area contributed by atoms with Crippen molar-refractivity contribution in [2.75, 3.05) is 26.3 Å². The van der Waals surface area contributed by atoms with Crippen LogP contribution in [0.1, 0.15) is 25.3 Å². The number of fused-ring (bicyclic) bond motifs is 1. The molecule has 1 saturated heterocycles. The summed E-state index contributed by atoms with van der Waals surface area (Å²) in [4.78, 5) is 0. The van der Waals surface area contributed by atoms with Gasteiger partial charge in [-0.25, -0.2) is 0 Å². The molecule has 0 radical (unpaired) electrons. The van der Waals surface area contributed by atoms with Crippen LogP contribution in [-0.2, 0) is 11.2 Å². The zero-order chi connectivity index (χ0) is 13.8. The molecule has 1 fully saturated rings. The molecule has 2 aliphatic rings.